The summed E-state index contributed by atoms with van der Waals surface area (Å²) in [5, 5.41) is 12.7. The van der Waals surface area contributed by atoms with E-state index in [4.69, 9.17) is 0 Å². The Morgan fingerprint density at radius 3 is 2.83 bits per heavy atom. The number of likely N-dealkylation sites (tertiary alicyclic amines) is 1. The minimum Gasteiger partial charge on any atom is -0.481 e. The normalized spacial score (nSPS) is 24.7. The van der Waals surface area contributed by atoms with E-state index in [2.05, 4.69) is 10.3 Å². The van der Waals surface area contributed by atoms with Gasteiger partial charge in [-0.25, -0.2) is 9.78 Å². The second kappa shape index (κ2) is 6.86. The molecule has 2 aliphatic rings. The smallest absolute Gasteiger partial charge is 0.323 e. The third-order valence-electron chi connectivity index (χ3n) is 4.61. The molecule has 1 aliphatic heterocycles. The Balaban J connectivity index is 1.65. The van der Waals surface area contributed by atoms with Crippen molar-refractivity contribution < 1.29 is 14.7 Å². The van der Waals surface area contributed by atoms with Crippen molar-refractivity contribution in [1.82, 2.24) is 9.88 Å². The van der Waals surface area contributed by atoms with E-state index in [0.717, 1.165) is 25.0 Å². The van der Waals surface area contributed by atoms with E-state index >= 15 is 0 Å². The number of carboxylic acids is 1. The molecule has 126 valence electrons. The highest BCUT2D eigenvalue weighted by Crippen LogP contribution is 2.29. The molecule has 2 atom stereocenters. The highest BCUT2D eigenvalue weighted by Gasteiger charge is 2.32. The number of amides is 2. The molecule has 23 heavy (non-hydrogen) atoms. The number of aryl methyl sites for hydroxylation is 2. The average Bonchev–Trinajstić information content (AvgIpc) is 2.75. The monoisotopic (exact) mass is 337 g/mol. The fourth-order valence-corrected chi connectivity index (χ4v) is 4.49. The first-order valence-corrected chi connectivity index (χ1v) is 9.12. The average molecular weight is 337 g/mol. The Kier molecular flexibility index (Phi) is 4.84. The van der Waals surface area contributed by atoms with Crippen molar-refractivity contribution in [3.8, 4) is 0 Å². The number of rotatable bonds is 2. The summed E-state index contributed by atoms with van der Waals surface area (Å²) in [5.74, 6) is -1.10. The molecule has 3 rings (SSSR count). The zero-order valence-electron chi connectivity index (χ0n) is 13.4. The van der Waals surface area contributed by atoms with Gasteiger partial charge in [-0.05, 0) is 38.0 Å². The maximum atomic E-state index is 12.5. The summed E-state index contributed by atoms with van der Waals surface area (Å²) in [5.41, 5.74) is 1.12. The number of fused-ring (bicyclic) bond motifs is 1. The zero-order valence-corrected chi connectivity index (χ0v) is 14.2. The van der Waals surface area contributed by atoms with Crippen molar-refractivity contribution in [2.45, 2.75) is 45.4 Å². The molecule has 1 aromatic rings. The predicted octanol–water partition coefficient (Wildman–Crippen LogP) is 2.99. The Labute approximate surface area is 139 Å². The summed E-state index contributed by atoms with van der Waals surface area (Å²) in [6.45, 7) is 2.86. The van der Waals surface area contributed by atoms with Gasteiger partial charge in [-0.1, -0.05) is 13.3 Å². The maximum absolute atomic E-state index is 12.5. The van der Waals surface area contributed by atoms with Crippen LogP contribution in [0.15, 0.2) is 0 Å². The molecular weight excluding hydrogens is 314 g/mol. The van der Waals surface area contributed by atoms with E-state index in [1.165, 1.54) is 17.7 Å². The van der Waals surface area contributed by atoms with Gasteiger partial charge in [-0.3, -0.25) is 10.1 Å². The van der Waals surface area contributed by atoms with Crippen molar-refractivity contribution in [2.24, 2.45) is 11.8 Å². The second-order valence-electron chi connectivity index (χ2n) is 6.66. The highest BCUT2D eigenvalue weighted by molar-refractivity contribution is 7.15. The van der Waals surface area contributed by atoms with Crippen LogP contribution in [0.25, 0.3) is 0 Å². The SMILES string of the molecule is CC1CC(C(=O)O)CN(C(=O)Nc2nc3c(s2)CCCCC3)C1. The Morgan fingerprint density at radius 2 is 2.04 bits per heavy atom. The van der Waals surface area contributed by atoms with Crippen molar-refractivity contribution in [3.63, 3.8) is 0 Å². The Hall–Kier alpha value is -1.63. The summed E-state index contributed by atoms with van der Waals surface area (Å²) < 4.78 is 0. The second-order valence-corrected chi connectivity index (χ2v) is 7.74. The number of piperidine rings is 1. The van der Waals surface area contributed by atoms with Crippen LogP contribution >= 0.6 is 11.3 Å². The summed E-state index contributed by atoms with van der Waals surface area (Å²) in [6.07, 6.45) is 6.26. The lowest BCUT2D eigenvalue weighted by molar-refractivity contribution is -0.143. The van der Waals surface area contributed by atoms with Crippen molar-refractivity contribution in [3.05, 3.63) is 10.6 Å². The van der Waals surface area contributed by atoms with Crippen molar-refractivity contribution >= 4 is 28.5 Å². The highest BCUT2D eigenvalue weighted by atomic mass is 32.1. The summed E-state index contributed by atoms with van der Waals surface area (Å²) in [6, 6.07) is -0.230. The van der Waals surface area contributed by atoms with Crippen LogP contribution in [0, 0.1) is 11.8 Å². The number of nitrogens with zero attached hydrogens (tertiary/aromatic N) is 2. The van der Waals surface area contributed by atoms with Gasteiger partial charge in [0.05, 0.1) is 11.6 Å². The number of carbonyl (C=O) groups is 2. The van der Waals surface area contributed by atoms with Gasteiger partial charge in [0, 0.05) is 18.0 Å². The van der Waals surface area contributed by atoms with Crippen molar-refractivity contribution in [2.75, 3.05) is 18.4 Å². The number of thiazole rings is 1. The number of hydrogen-bond donors (Lipinski definition) is 2. The van der Waals surface area contributed by atoms with E-state index in [1.54, 1.807) is 16.2 Å². The summed E-state index contributed by atoms with van der Waals surface area (Å²) >= 11 is 1.56. The van der Waals surface area contributed by atoms with Crippen LogP contribution in [0.2, 0.25) is 0 Å². The summed E-state index contributed by atoms with van der Waals surface area (Å²) in [4.78, 5) is 31.1. The van der Waals surface area contributed by atoms with Crippen LogP contribution < -0.4 is 5.32 Å². The molecule has 1 aliphatic carbocycles. The first-order valence-electron chi connectivity index (χ1n) is 8.30. The summed E-state index contributed by atoms with van der Waals surface area (Å²) in [7, 11) is 0. The van der Waals surface area contributed by atoms with Gasteiger partial charge >= 0.3 is 12.0 Å². The lowest BCUT2D eigenvalue weighted by atomic mass is 9.91. The van der Waals surface area contributed by atoms with Gasteiger partial charge in [0.2, 0.25) is 0 Å². The zero-order chi connectivity index (χ0) is 16.4. The maximum Gasteiger partial charge on any atom is 0.323 e. The number of hydrogen-bond acceptors (Lipinski definition) is 4. The van der Waals surface area contributed by atoms with E-state index in [0.29, 0.717) is 18.1 Å². The first-order chi connectivity index (χ1) is 11.0. The van der Waals surface area contributed by atoms with Crippen LogP contribution in [-0.2, 0) is 17.6 Å². The largest absolute Gasteiger partial charge is 0.481 e. The molecule has 2 N–H and O–H groups in total. The number of nitrogens with one attached hydrogen (secondary N) is 1. The van der Waals surface area contributed by atoms with Crippen LogP contribution in [-0.4, -0.2) is 40.1 Å². The fraction of sp³-hybridized carbons (Fsp3) is 0.688. The van der Waals surface area contributed by atoms with E-state index in [1.807, 2.05) is 6.92 Å². The molecule has 1 fully saturated rings. The standard InChI is InChI=1S/C16H23N3O3S/c1-10-7-11(14(20)21)9-19(8-10)16(22)18-15-17-12-5-3-2-4-6-13(12)23-15/h10-11H,2-9H2,1H3,(H,20,21)(H,17,18,22). The topological polar surface area (TPSA) is 82.5 Å². The van der Waals surface area contributed by atoms with Gasteiger partial charge in [-0.2, -0.15) is 0 Å². The quantitative estimate of drug-likeness (QED) is 0.813. The Morgan fingerprint density at radius 1 is 1.26 bits per heavy atom. The molecule has 2 amide bonds. The number of urea groups is 1. The molecule has 0 saturated carbocycles. The number of carboxylic acid groups (broad SMARTS) is 1. The molecule has 1 saturated heterocycles. The molecule has 2 heterocycles. The molecule has 0 spiro atoms. The van der Waals surface area contributed by atoms with Crippen LogP contribution in [0.1, 0.15) is 43.2 Å². The van der Waals surface area contributed by atoms with Gasteiger partial charge in [0.1, 0.15) is 0 Å². The number of anilines is 1. The van der Waals surface area contributed by atoms with Gasteiger partial charge in [0.25, 0.3) is 0 Å². The van der Waals surface area contributed by atoms with Crippen LogP contribution in [0.4, 0.5) is 9.93 Å². The molecule has 0 bridgehead atoms. The van der Waals surface area contributed by atoms with E-state index in [9.17, 15) is 14.7 Å². The third kappa shape index (κ3) is 3.83. The molecule has 6 nitrogen and oxygen atoms in total. The fourth-order valence-electron chi connectivity index (χ4n) is 3.45. The molecular formula is C16H23N3O3S. The minimum absolute atomic E-state index is 0.198. The van der Waals surface area contributed by atoms with E-state index in [-0.39, 0.29) is 18.5 Å². The minimum atomic E-state index is -0.824. The lowest BCUT2D eigenvalue weighted by Gasteiger charge is -2.34. The van der Waals surface area contributed by atoms with Gasteiger partial charge in [-0.15, -0.1) is 11.3 Å². The molecule has 0 radical (unpaired) electrons. The van der Waals surface area contributed by atoms with Gasteiger partial charge in [0.15, 0.2) is 5.13 Å². The molecule has 1 aromatic heterocycles. The molecule has 2 unspecified atom stereocenters. The van der Waals surface area contributed by atoms with Crippen molar-refractivity contribution in [1.29, 1.82) is 0 Å². The van der Waals surface area contributed by atoms with Crippen LogP contribution in [0.3, 0.4) is 0 Å². The molecule has 7 heteroatoms. The third-order valence-corrected chi connectivity index (χ3v) is 5.68. The number of carbonyl (C=O) groups excluding carboxylic acids is 1. The van der Waals surface area contributed by atoms with Gasteiger partial charge < -0.3 is 10.0 Å². The lowest BCUT2D eigenvalue weighted by Crippen LogP contribution is -2.47. The van der Waals surface area contributed by atoms with Crippen LogP contribution in [0.5, 0.6) is 0 Å². The predicted molar refractivity (Wildman–Crippen MR) is 88.9 cm³/mol. The number of aliphatic carboxylic acids is 1. The van der Waals surface area contributed by atoms with E-state index < -0.39 is 11.9 Å². The molecule has 0 aromatic carbocycles. The first kappa shape index (κ1) is 16.2. The number of aromatic nitrogens is 1. The Bertz CT molecular complexity index is 578.